The molecule has 2 amide bonds. The lowest BCUT2D eigenvalue weighted by Crippen LogP contribution is -2.46. The fourth-order valence-electron chi connectivity index (χ4n) is 1.58. The predicted octanol–water partition coefficient (Wildman–Crippen LogP) is 1.64. The molecule has 0 heterocycles. The minimum Gasteiger partial charge on any atom is -0.452 e. The Morgan fingerprint density at radius 2 is 2.05 bits per heavy atom. The second-order valence-electron chi connectivity index (χ2n) is 4.67. The Labute approximate surface area is 137 Å². The molecule has 1 aromatic carbocycles. The topological polar surface area (TPSA) is 84.5 Å². The first-order chi connectivity index (χ1) is 10.4. The molecule has 0 saturated carbocycles. The van der Waals surface area contributed by atoms with Gasteiger partial charge in [0.25, 0.3) is 5.91 Å². The van der Waals surface area contributed by atoms with Crippen molar-refractivity contribution in [1.29, 1.82) is 0 Å². The molecule has 0 aliphatic heterocycles. The molecule has 2 N–H and O–H groups in total. The van der Waals surface area contributed by atoms with Gasteiger partial charge in [0.05, 0.1) is 5.56 Å². The number of amides is 2. The molecule has 6 nitrogen and oxygen atoms in total. The van der Waals surface area contributed by atoms with Gasteiger partial charge in [0.2, 0.25) is 5.91 Å². The smallest absolute Gasteiger partial charge is 0.338 e. The van der Waals surface area contributed by atoms with Gasteiger partial charge in [-0.25, -0.2) is 4.79 Å². The molecule has 0 bridgehead atoms. The maximum absolute atomic E-state index is 11.8. The van der Waals surface area contributed by atoms with Crippen molar-refractivity contribution in [1.82, 2.24) is 10.6 Å². The molecule has 0 fully saturated rings. The predicted molar refractivity (Wildman–Crippen MR) is 85.3 cm³/mol. The van der Waals surface area contributed by atoms with Gasteiger partial charge in [-0.1, -0.05) is 28.9 Å². The number of hydrogen-bond acceptors (Lipinski definition) is 4. The van der Waals surface area contributed by atoms with Crippen molar-refractivity contribution in [3.63, 3.8) is 0 Å². The summed E-state index contributed by atoms with van der Waals surface area (Å²) in [6, 6.07) is 5.98. The van der Waals surface area contributed by atoms with Gasteiger partial charge in [0.1, 0.15) is 6.04 Å². The summed E-state index contributed by atoms with van der Waals surface area (Å²) in [4.78, 5) is 35.0. The van der Waals surface area contributed by atoms with Crippen molar-refractivity contribution < 1.29 is 19.1 Å². The van der Waals surface area contributed by atoms with E-state index in [0.717, 1.165) is 10.9 Å². The number of hydrogen-bond donors (Lipinski definition) is 2. The molecule has 0 spiro atoms. The fourth-order valence-corrected chi connectivity index (χ4v) is 1.98. The number of benzene rings is 1. The van der Waals surface area contributed by atoms with E-state index in [1.54, 1.807) is 31.2 Å². The van der Waals surface area contributed by atoms with Gasteiger partial charge in [-0.05, 0) is 31.5 Å². The van der Waals surface area contributed by atoms with E-state index in [2.05, 4.69) is 26.6 Å². The van der Waals surface area contributed by atoms with Crippen molar-refractivity contribution in [2.24, 2.45) is 0 Å². The second kappa shape index (κ2) is 9.19. The van der Waals surface area contributed by atoms with Crippen molar-refractivity contribution in [3.8, 4) is 0 Å². The maximum atomic E-state index is 11.8. The van der Waals surface area contributed by atoms with Gasteiger partial charge in [-0.3, -0.25) is 9.59 Å². The molecule has 7 heteroatoms. The zero-order valence-electron chi connectivity index (χ0n) is 12.5. The monoisotopic (exact) mass is 370 g/mol. The Kier molecular flexibility index (Phi) is 7.59. The molecule has 0 radical (unpaired) electrons. The summed E-state index contributed by atoms with van der Waals surface area (Å²) in [5, 5.41) is 5.14. The van der Waals surface area contributed by atoms with E-state index in [1.165, 1.54) is 0 Å². The first-order valence-electron chi connectivity index (χ1n) is 6.93. The van der Waals surface area contributed by atoms with E-state index in [1.807, 2.05) is 6.92 Å². The minimum absolute atomic E-state index is 0.270. The molecule has 1 aromatic rings. The molecular weight excluding hydrogens is 352 g/mol. The number of carbonyl (C=O) groups is 3. The summed E-state index contributed by atoms with van der Waals surface area (Å²) in [6.45, 7) is 3.62. The Balaban J connectivity index is 2.39. The standard InChI is InChI=1S/C15H19BrN2O4/c1-3-7-17-14(20)10(2)18-13(19)9-22-15(21)11-5-4-6-12(16)8-11/h4-6,8,10H,3,7,9H2,1-2H3,(H,17,20)(H,18,19)/t10-/m1/s1. The molecular formula is C15H19BrN2O4. The number of esters is 1. The van der Waals surface area contributed by atoms with Crippen LogP contribution in [0.1, 0.15) is 30.6 Å². The minimum atomic E-state index is -0.677. The summed E-state index contributed by atoms with van der Waals surface area (Å²) in [5.74, 6) is -1.39. The molecule has 22 heavy (non-hydrogen) atoms. The molecule has 1 atom stereocenters. The van der Waals surface area contributed by atoms with Gasteiger partial charge < -0.3 is 15.4 Å². The van der Waals surface area contributed by atoms with Crippen LogP contribution in [0, 0.1) is 0 Å². The lowest BCUT2D eigenvalue weighted by molar-refractivity contribution is -0.130. The summed E-state index contributed by atoms with van der Waals surface area (Å²) in [5.41, 5.74) is 0.343. The first-order valence-corrected chi connectivity index (χ1v) is 7.73. The highest BCUT2D eigenvalue weighted by Crippen LogP contribution is 2.12. The van der Waals surface area contributed by atoms with Crippen LogP contribution < -0.4 is 10.6 Å². The second-order valence-corrected chi connectivity index (χ2v) is 5.58. The first kappa shape index (κ1) is 18.2. The Hall–Kier alpha value is -1.89. The third kappa shape index (κ3) is 6.26. The van der Waals surface area contributed by atoms with E-state index < -0.39 is 24.5 Å². The SMILES string of the molecule is CCCNC(=O)[C@@H](C)NC(=O)COC(=O)c1cccc(Br)c1. The summed E-state index contributed by atoms with van der Waals surface area (Å²) in [6.07, 6.45) is 0.816. The number of carbonyl (C=O) groups excluding carboxylic acids is 3. The van der Waals surface area contributed by atoms with Crippen molar-refractivity contribution in [2.45, 2.75) is 26.3 Å². The highest BCUT2D eigenvalue weighted by atomic mass is 79.9. The van der Waals surface area contributed by atoms with Gasteiger partial charge in [0, 0.05) is 11.0 Å². The largest absolute Gasteiger partial charge is 0.452 e. The average Bonchev–Trinajstić information content (AvgIpc) is 2.50. The molecule has 0 aromatic heterocycles. The lowest BCUT2D eigenvalue weighted by atomic mass is 10.2. The summed E-state index contributed by atoms with van der Waals surface area (Å²) in [7, 11) is 0. The van der Waals surface area contributed by atoms with E-state index in [4.69, 9.17) is 4.74 Å². The zero-order valence-corrected chi connectivity index (χ0v) is 14.1. The molecule has 1 rings (SSSR count). The highest BCUT2D eigenvalue weighted by molar-refractivity contribution is 9.10. The maximum Gasteiger partial charge on any atom is 0.338 e. The Bertz CT molecular complexity index is 548. The van der Waals surface area contributed by atoms with Crippen LogP contribution >= 0.6 is 15.9 Å². The average molecular weight is 371 g/mol. The fraction of sp³-hybridized carbons (Fsp3) is 0.400. The van der Waals surface area contributed by atoms with E-state index >= 15 is 0 Å². The van der Waals surface area contributed by atoms with E-state index in [-0.39, 0.29) is 5.91 Å². The van der Waals surface area contributed by atoms with Gasteiger partial charge in [0.15, 0.2) is 6.61 Å². The van der Waals surface area contributed by atoms with Crippen molar-refractivity contribution in [2.75, 3.05) is 13.2 Å². The van der Waals surface area contributed by atoms with Gasteiger partial charge in [-0.2, -0.15) is 0 Å². The number of nitrogens with one attached hydrogen (secondary N) is 2. The molecule has 0 saturated heterocycles. The van der Waals surface area contributed by atoms with Crippen LogP contribution in [0.2, 0.25) is 0 Å². The number of ether oxygens (including phenoxy) is 1. The third-order valence-electron chi connectivity index (χ3n) is 2.71. The Morgan fingerprint density at radius 1 is 1.32 bits per heavy atom. The van der Waals surface area contributed by atoms with Gasteiger partial charge in [-0.15, -0.1) is 0 Å². The van der Waals surface area contributed by atoms with Crippen LogP contribution in [0.5, 0.6) is 0 Å². The summed E-state index contributed by atoms with van der Waals surface area (Å²) < 4.78 is 5.65. The third-order valence-corrected chi connectivity index (χ3v) is 3.21. The van der Waals surface area contributed by atoms with Crippen LogP contribution in [0.3, 0.4) is 0 Å². The Morgan fingerprint density at radius 3 is 2.68 bits per heavy atom. The zero-order chi connectivity index (χ0) is 16.5. The van der Waals surface area contributed by atoms with E-state index in [9.17, 15) is 14.4 Å². The normalized spacial score (nSPS) is 11.4. The molecule has 0 unspecified atom stereocenters. The van der Waals surface area contributed by atoms with Crippen LogP contribution in [0.25, 0.3) is 0 Å². The highest BCUT2D eigenvalue weighted by Gasteiger charge is 2.16. The van der Waals surface area contributed by atoms with E-state index in [0.29, 0.717) is 12.1 Å². The van der Waals surface area contributed by atoms with Crippen molar-refractivity contribution in [3.05, 3.63) is 34.3 Å². The van der Waals surface area contributed by atoms with Crippen LogP contribution in [0.4, 0.5) is 0 Å². The molecule has 0 aliphatic carbocycles. The van der Waals surface area contributed by atoms with Crippen LogP contribution in [0.15, 0.2) is 28.7 Å². The van der Waals surface area contributed by atoms with Crippen LogP contribution in [-0.2, 0) is 14.3 Å². The van der Waals surface area contributed by atoms with Crippen molar-refractivity contribution >= 4 is 33.7 Å². The lowest BCUT2D eigenvalue weighted by Gasteiger charge is -2.13. The quantitative estimate of drug-likeness (QED) is 0.714. The van der Waals surface area contributed by atoms with Crippen LogP contribution in [-0.4, -0.2) is 37.0 Å². The molecule has 0 aliphatic rings. The number of halogens is 1. The summed E-state index contributed by atoms with van der Waals surface area (Å²) >= 11 is 3.25. The molecule has 120 valence electrons. The number of rotatable bonds is 7. The van der Waals surface area contributed by atoms with Gasteiger partial charge >= 0.3 is 5.97 Å².